The van der Waals surface area contributed by atoms with E-state index in [1.165, 1.54) is 103 Å². The van der Waals surface area contributed by atoms with Crippen molar-refractivity contribution in [2.24, 2.45) is 0 Å². The molecule has 74 heavy (non-hydrogen) atoms. The Morgan fingerprint density at radius 2 is 0.541 bits per heavy atom. The van der Waals surface area contributed by atoms with Crippen molar-refractivity contribution in [3.8, 4) is 0 Å². The Kier molecular flexibility index (Phi) is 57.9. The molecular weight excluding hydrogens is 913 g/mol. The van der Waals surface area contributed by atoms with E-state index in [-0.39, 0.29) is 37.5 Å². The third-order valence-electron chi connectivity index (χ3n) is 12.7. The van der Waals surface area contributed by atoms with Crippen LogP contribution in [0.4, 0.5) is 0 Å². The summed E-state index contributed by atoms with van der Waals surface area (Å²) in [4.78, 5) is 38.2. The van der Waals surface area contributed by atoms with Crippen LogP contribution in [0.2, 0.25) is 0 Å². The highest BCUT2D eigenvalue weighted by Gasteiger charge is 2.19. The van der Waals surface area contributed by atoms with E-state index in [2.05, 4.69) is 142 Å². The van der Waals surface area contributed by atoms with Gasteiger partial charge >= 0.3 is 17.9 Å². The minimum Gasteiger partial charge on any atom is -0.462 e. The average Bonchev–Trinajstić information content (AvgIpc) is 3.40. The standard InChI is InChI=1S/C68H112O6/c1-4-7-10-13-16-19-22-25-28-31-32-33-34-35-36-38-40-43-46-49-52-55-58-61-67(70)73-64-65(63-72-66(69)60-57-54-51-48-45-42-39-30-27-24-21-18-15-12-9-6-3)74-68(71)62-59-56-53-50-47-44-41-37-29-26-23-20-17-14-11-8-5-2/h8,11,17,20-22,24-26,29-32,34-35,39,41,44,50,53,65H,4-7,9-10,12-16,18-19,23,27-28,33,36-38,40,42-43,45-49,51-52,54-64H2,1-3H3/b11-8-,20-17-,24-21-,25-22-,29-26-,32-31-,35-34-,39-30-,44-41-,53-50-. The van der Waals surface area contributed by atoms with Crippen LogP contribution < -0.4 is 0 Å². The topological polar surface area (TPSA) is 78.9 Å². The van der Waals surface area contributed by atoms with Crippen molar-refractivity contribution in [2.75, 3.05) is 13.2 Å². The molecule has 0 bridgehead atoms. The van der Waals surface area contributed by atoms with Crippen molar-refractivity contribution < 1.29 is 28.6 Å². The van der Waals surface area contributed by atoms with E-state index >= 15 is 0 Å². The summed E-state index contributed by atoms with van der Waals surface area (Å²) in [5, 5.41) is 0. The predicted molar refractivity (Wildman–Crippen MR) is 320 cm³/mol. The first kappa shape index (κ1) is 69.8. The van der Waals surface area contributed by atoms with Gasteiger partial charge in [0.2, 0.25) is 0 Å². The van der Waals surface area contributed by atoms with Gasteiger partial charge in [0.25, 0.3) is 0 Å². The second kappa shape index (κ2) is 61.4. The zero-order valence-corrected chi connectivity index (χ0v) is 48.1. The van der Waals surface area contributed by atoms with E-state index in [0.717, 1.165) is 122 Å². The summed E-state index contributed by atoms with van der Waals surface area (Å²) < 4.78 is 16.8. The molecule has 1 unspecified atom stereocenters. The van der Waals surface area contributed by atoms with Gasteiger partial charge in [0, 0.05) is 19.3 Å². The van der Waals surface area contributed by atoms with E-state index in [1.807, 2.05) is 0 Å². The molecule has 0 rings (SSSR count). The van der Waals surface area contributed by atoms with Crippen LogP contribution >= 0.6 is 0 Å². The third kappa shape index (κ3) is 58.7. The van der Waals surface area contributed by atoms with E-state index < -0.39 is 6.10 Å². The van der Waals surface area contributed by atoms with Gasteiger partial charge in [-0.15, -0.1) is 0 Å². The number of unbranched alkanes of at least 4 members (excludes halogenated alkanes) is 23. The zero-order valence-electron chi connectivity index (χ0n) is 48.1. The molecule has 420 valence electrons. The highest BCUT2D eigenvalue weighted by atomic mass is 16.6. The molecule has 0 aliphatic heterocycles. The molecule has 0 heterocycles. The molecule has 0 aliphatic carbocycles. The van der Waals surface area contributed by atoms with Gasteiger partial charge in [0.05, 0.1) is 0 Å². The Bertz CT molecular complexity index is 1550. The third-order valence-corrected chi connectivity index (χ3v) is 12.7. The van der Waals surface area contributed by atoms with Crippen molar-refractivity contribution in [2.45, 2.75) is 277 Å². The number of hydrogen-bond acceptors (Lipinski definition) is 6. The fourth-order valence-corrected chi connectivity index (χ4v) is 8.10. The second-order valence-electron chi connectivity index (χ2n) is 19.9. The van der Waals surface area contributed by atoms with Gasteiger partial charge < -0.3 is 14.2 Å². The molecule has 0 aliphatic rings. The monoisotopic (exact) mass is 1020 g/mol. The number of hydrogen-bond donors (Lipinski definition) is 0. The molecule has 0 radical (unpaired) electrons. The summed E-state index contributed by atoms with van der Waals surface area (Å²) in [6, 6.07) is 0. The Hall–Kier alpha value is -4.19. The van der Waals surface area contributed by atoms with E-state index in [4.69, 9.17) is 14.2 Å². The van der Waals surface area contributed by atoms with Crippen molar-refractivity contribution in [1.82, 2.24) is 0 Å². The minimum absolute atomic E-state index is 0.112. The summed E-state index contributed by atoms with van der Waals surface area (Å²) in [5.41, 5.74) is 0. The lowest BCUT2D eigenvalue weighted by Gasteiger charge is -2.18. The van der Waals surface area contributed by atoms with Gasteiger partial charge in [-0.2, -0.15) is 0 Å². The lowest BCUT2D eigenvalue weighted by molar-refractivity contribution is -0.167. The SMILES string of the molecule is CC/C=C\C/C=C\C/C=C\C/C=C\C/C=C\CCCC(=O)OC(COC(=O)CCCCCCC/C=C\C/C=C\CCCCCC)COC(=O)CCCCCCCCCC/C=C\C/C=C\C/C=C\CCCCCCC. The maximum Gasteiger partial charge on any atom is 0.306 e. The van der Waals surface area contributed by atoms with Crippen LogP contribution in [0, 0.1) is 0 Å². The van der Waals surface area contributed by atoms with Crippen molar-refractivity contribution >= 4 is 17.9 Å². The number of allylic oxidation sites excluding steroid dienone is 20. The van der Waals surface area contributed by atoms with Gasteiger partial charge in [0.15, 0.2) is 6.10 Å². The van der Waals surface area contributed by atoms with Gasteiger partial charge in [0.1, 0.15) is 13.2 Å². The predicted octanol–water partition coefficient (Wildman–Crippen LogP) is 20.8. The molecule has 0 saturated heterocycles. The number of rotatable bonds is 54. The van der Waals surface area contributed by atoms with Crippen LogP contribution in [-0.2, 0) is 28.6 Å². The zero-order chi connectivity index (χ0) is 53.6. The Labute approximate surface area is 456 Å². The van der Waals surface area contributed by atoms with E-state index in [1.54, 1.807) is 0 Å². The first-order valence-corrected chi connectivity index (χ1v) is 30.5. The highest BCUT2D eigenvalue weighted by molar-refractivity contribution is 5.71. The molecule has 0 fully saturated rings. The van der Waals surface area contributed by atoms with Crippen LogP contribution in [0.5, 0.6) is 0 Å². The summed E-state index contributed by atoms with van der Waals surface area (Å²) in [7, 11) is 0. The van der Waals surface area contributed by atoms with Crippen LogP contribution in [0.3, 0.4) is 0 Å². The van der Waals surface area contributed by atoms with Gasteiger partial charge in [-0.3, -0.25) is 14.4 Å². The number of carbonyl (C=O) groups is 3. The molecule has 0 N–H and O–H groups in total. The fourth-order valence-electron chi connectivity index (χ4n) is 8.10. The van der Waals surface area contributed by atoms with Gasteiger partial charge in [-0.1, -0.05) is 245 Å². The second-order valence-corrected chi connectivity index (χ2v) is 19.9. The lowest BCUT2D eigenvalue weighted by atomic mass is 10.1. The quantitative estimate of drug-likeness (QED) is 0.0261. The van der Waals surface area contributed by atoms with Crippen LogP contribution in [0.15, 0.2) is 122 Å². The molecule has 0 saturated carbocycles. The molecule has 0 aromatic carbocycles. The average molecular weight is 1030 g/mol. The molecule has 6 heteroatoms. The van der Waals surface area contributed by atoms with E-state index in [0.29, 0.717) is 19.3 Å². The molecule has 0 amide bonds. The van der Waals surface area contributed by atoms with E-state index in [9.17, 15) is 14.4 Å². The summed E-state index contributed by atoms with van der Waals surface area (Å²) in [6.45, 7) is 6.44. The molecular formula is C68H112O6. The Morgan fingerprint density at radius 1 is 0.284 bits per heavy atom. The first-order valence-electron chi connectivity index (χ1n) is 30.5. The van der Waals surface area contributed by atoms with Crippen LogP contribution in [0.25, 0.3) is 0 Å². The summed E-state index contributed by atoms with van der Waals surface area (Å²) >= 11 is 0. The molecule has 0 aromatic heterocycles. The first-order chi connectivity index (χ1) is 36.5. The van der Waals surface area contributed by atoms with Gasteiger partial charge in [-0.05, 0) is 128 Å². The van der Waals surface area contributed by atoms with Crippen molar-refractivity contribution in [3.05, 3.63) is 122 Å². The lowest BCUT2D eigenvalue weighted by Crippen LogP contribution is -2.30. The van der Waals surface area contributed by atoms with Crippen LogP contribution in [0.1, 0.15) is 271 Å². The molecule has 0 aromatic rings. The smallest absolute Gasteiger partial charge is 0.306 e. The van der Waals surface area contributed by atoms with Gasteiger partial charge in [-0.25, -0.2) is 0 Å². The summed E-state index contributed by atoms with van der Waals surface area (Å²) in [5.74, 6) is -0.990. The normalized spacial score (nSPS) is 13.0. The Balaban J connectivity index is 4.48. The molecule has 6 nitrogen and oxygen atoms in total. The Morgan fingerprint density at radius 3 is 0.878 bits per heavy atom. The minimum atomic E-state index is -0.821. The number of esters is 3. The molecule has 1 atom stereocenters. The highest BCUT2D eigenvalue weighted by Crippen LogP contribution is 2.14. The maximum absolute atomic E-state index is 12.9. The number of ether oxygens (including phenoxy) is 3. The summed E-state index contributed by atoms with van der Waals surface area (Å²) in [6.07, 6.45) is 84.8. The van der Waals surface area contributed by atoms with Crippen molar-refractivity contribution in [1.29, 1.82) is 0 Å². The molecule has 0 spiro atoms. The maximum atomic E-state index is 12.9. The largest absolute Gasteiger partial charge is 0.462 e. The fraction of sp³-hybridized carbons (Fsp3) is 0.662. The van der Waals surface area contributed by atoms with Crippen molar-refractivity contribution in [3.63, 3.8) is 0 Å². The van der Waals surface area contributed by atoms with Crippen LogP contribution in [-0.4, -0.2) is 37.2 Å². The number of carbonyl (C=O) groups excluding carboxylic acids is 3.